The Morgan fingerprint density at radius 3 is 2.68 bits per heavy atom. The van der Waals surface area contributed by atoms with Gasteiger partial charge in [-0.05, 0) is 49.1 Å². The second-order valence-electron chi connectivity index (χ2n) is 6.36. The number of benzene rings is 2. The summed E-state index contributed by atoms with van der Waals surface area (Å²) >= 11 is 8.56. The van der Waals surface area contributed by atoms with E-state index in [9.17, 15) is 18.0 Å². The predicted octanol–water partition coefficient (Wildman–Crippen LogP) is 4.02. The number of nitrogens with zero attached hydrogens (tertiary/aromatic N) is 1. The number of H-pyrrole nitrogens is 1. The molecule has 0 radical (unpaired) electrons. The molecular weight excluding hydrogens is 478 g/mol. The highest BCUT2D eigenvalue weighted by Gasteiger charge is 2.23. The van der Waals surface area contributed by atoms with Gasteiger partial charge in [0, 0.05) is 15.6 Å². The minimum Gasteiger partial charge on any atom is -0.325 e. The van der Waals surface area contributed by atoms with E-state index in [2.05, 4.69) is 15.3 Å². The summed E-state index contributed by atoms with van der Waals surface area (Å²) in [5.41, 5.74) is 0.567. The van der Waals surface area contributed by atoms with Crippen molar-refractivity contribution in [2.75, 3.05) is 17.3 Å². The summed E-state index contributed by atoms with van der Waals surface area (Å²) in [6, 6.07) is 11.6. The van der Waals surface area contributed by atoms with E-state index in [1.807, 2.05) is 24.5 Å². The monoisotopic (exact) mass is 495 g/mol. The first-order valence-electron chi connectivity index (χ1n) is 8.88. The zero-order valence-electron chi connectivity index (χ0n) is 16.5. The largest absolute Gasteiger partial charge is 0.325 e. The molecule has 11 heteroatoms. The lowest BCUT2D eigenvalue weighted by molar-refractivity contribution is -0.113. The summed E-state index contributed by atoms with van der Waals surface area (Å²) in [6.07, 6.45) is 2.93. The van der Waals surface area contributed by atoms with Gasteiger partial charge in [-0.15, -0.1) is 11.8 Å². The number of hydrogen-bond acceptors (Lipinski definition) is 7. The highest BCUT2D eigenvalue weighted by Crippen LogP contribution is 2.24. The summed E-state index contributed by atoms with van der Waals surface area (Å²) in [5, 5.41) is 3.19. The third-order valence-electron chi connectivity index (χ3n) is 4.18. The van der Waals surface area contributed by atoms with Gasteiger partial charge in [-0.3, -0.25) is 9.59 Å². The molecule has 0 saturated carbocycles. The summed E-state index contributed by atoms with van der Waals surface area (Å²) in [4.78, 5) is 31.4. The van der Waals surface area contributed by atoms with Crippen molar-refractivity contribution in [3.8, 4) is 0 Å². The van der Waals surface area contributed by atoms with E-state index in [0.29, 0.717) is 5.69 Å². The van der Waals surface area contributed by atoms with Crippen LogP contribution in [0.4, 0.5) is 5.69 Å². The lowest BCUT2D eigenvalue weighted by Crippen LogP contribution is -2.20. The Morgan fingerprint density at radius 1 is 1.23 bits per heavy atom. The number of rotatable bonds is 7. The van der Waals surface area contributed by atoms with E-state index in [0.717, 1.165) is 28.4 Å². The number of thioether (sulfide) groups is 2. The van der Waals surface area contributed by atoms with E-state index in [1.165, 1.54) is 12.1 Å². The number of anilines is 1. The van der Waals surface area contributed by atoms with Gasteiger partial charge in [0.2, 0.25) is 15.7 Å². The summed E-state index contributed by atoms with van der Waals surface area (Å²) in [6.45, 7) is 1.74. The number of carbonyl (C=O) groups is 1. The van der Waals surface area contributed by atoms with Gasteiger partial charge < -0.3 is 10.3 Å². The lowest BCUT2D eigenvalue weighted by Gasteiger charge is -2.07. The highest BCUT2D eigenvalue weighted by atomic mass is 35.5. The molecule has 0 saturated heterocycles. The quantitative estimate of drug-likeness (QED) is 0.376. The zero-order chi connectivity index (χ0) is 22.6. The Bertz CT molecular complexity index is 1290. The van der Waals surface area contributed by atoms with Crippen LogP contribution < -0.4 is 10.9 Å². The SMILES string of the molecule is CSc1cccc(NC(=O)CSc2ncc(S(=O)(=O)c3ccc(C)c(Cl)c3)c(=O)[nH]2)c1. The van der Waals surface area contributed by atoms with E-state index < -0.39 is 20.3 Å². The van der Waals surface area contributed by atoms with Crippen molar-refractivity contribution in [1.29, 1.82) is 0 Å². The van der Waals surface area contributed by atoms with E-state index in [-0.39, 0.29) is 26.7 Å². The highest BCUT2D eigenvalue weighted by molar-refractivity contribution is 7.99. The first-order valence-corrected chi connectivity index (χ1v) is 12.9. The van der Waals surface area contributed by atoms with Crippen molar-refractivity contribution in [1.82, 2.24) is 9.97 Å². The average Bonchev–Trinajstić information content (AvgIpc) is 2.74. The van der Waals surface area contributed by atoms with E-state index in [4.69, 9.17) is 11.6 Å². The van der Waals surface area contributed by atoms with Crippen LogP contribution in [-0.2, 0) is 14.6 Å². The number of halogens is 1. The first-order chi connectivity index (χ1) is 14.7. The van der Waals surface area contributed by atoms with Gasteiger partial charge in [0.1, 0.15) is 0 Å². The van der Waals surface area contributed by atoms with Crippen LogP contribution in [-0.4, -0.2) is 36.3 Å². The molecule has 0 spiro atoms. The fourth-order valence-electron chi connectivity index (χ4n) is 2.53. The molecule has 0 atom stereocenters. The molecule has 0 aliphatic rings. The second kappa shape index (κ2) is 9.90. The summed E-state index contributed by atoms with van der Waals surface area (Å²) in [5.74, 6) is -0.288. The molecule has 1 aromatic heterocycles. The van der Waals surface area contributed by atoms with Gasteiger partial charge in [-0.2, -0.15) is 0 Å². The normalized spacial score (nSPS) is 11.3. The Kier molecular flexibility index (Phi) is 7.47. The lowest BCUT2D eigenvalue weighted by atomic mass is 10.2. The Labute approximate surface area is 192 Å². The Morgan fingerprint density at radius 2 is 2.00 bits per heavy atom. The fourth-order valence-corrected chi connectivity index (χ4v) is 5.13. The standard InChI is InChI=1S/C20H18ClN3O4S3/c1-12-6-7-15(9-16(12)21)31(27,28)17-10-22-20(24-19(17)26)30-11-18(25)23-13-4-3-5-14(8-13)29-2/h3-10H,11H2,1-2H3,(H,23,25)(H,22,24,26). The third kappa shape index (κ3) is 5.70. The van der Waals surface area contributed by atoms with Gasteiger partial charge in [-0.25, -0.2) is 13.4 Å². The average molecular weight is 496 g/mol. The van der Waals surface area contributed by atoms with Crippen LogP contribution >= 0.6 is 35.1 Å². The van der Waals surface area contributed by atoms with Crippen LogP contribution in [0.5, 0.6) is 0 Å². The number of aromatic nitrogens is 2. The number of amides is 1. The number of nitrogens with one attached hydrogen (secondary N) is 2. The molecule has 1 amide bonds. The van der Waals surface area contributed by atoms with Crippen LogP contribution in [0.25, 0.3) is 0 Å². The zero-order valence-corrected chi connectivity index (χ0v) is 19.7. The molecule has 7 nitrogen and oxygen atoms in total. The van der Waals surface area contributed by atoms with Gasteiger partial charge in [0.15, 0.2) is 10.1 Å². The molecule has 2 N–H and O–H groups in total. The molecule has 31 heavy (non-hydrogen) atoms. The Balaban J connectivity index is 1.71. The number of sulfone groups is 1. The van der Waals surface area contributed by atoms with Crippen LogP contribution in [0.2, 0.25) is 5.02 Å². The smallest absolute Gasteiger partial charge is 0.270 e. The van der Waals surface area contributed by atoms with Gasteiger partial charge in [0.25, 0.3) is 5.56 Å². The molecule has 0 aliphatic heterocycles. The van der Waals surface area contributed by atoms with Crippen molar-refractivity contribution in [3.63, 3.8) is 0 Å². The van der Waals surface area contributed by atoms with Crippen molar-refractivity contribution in [3.05, 3.63) is 69.6 Å². The molecule has 0 unspecified atom stereocenters. The van der Waals surface area contributed by atoms with Crippen molar-refractivity contribution in [2.45, 2.75) is 26.8 Å². The topological polar surface area (TPSA) is 109 Å². The molecule has 2 aromatic carbocycles. The molecule has 0 fully saturated rings. The molecule has 3 aromatic rings. The molecule has 162 valence electrons. The van der Waals surface area contributed by atoms with Crippen LogP contribution in [0, 0.1) is 6.92 Å². The molecule has 0 bridgehead atoms. The van der Waals surface area contributed by atoms with Crippen LogP contribution in [0.3, 0.4) is 0 Å². The maximum absolute atomic E-state index is 12.8. The number of aryl methyl sites for hydroxylation is 1. The minimum atomic E-state index is -4.09. The van der Waals surface area contributed by atoms with Gasteiger partial charge in [0.05, 0.1) is 16.8 Å². The fraction of sp³-hybridized carbons (Fsp3) is 0.150. The van der Waals surface area contributed by atoms with Crippen molar-refractivity contribution >= 4 is 56.6 Å². The Hall–Kier alpha value is -2.27. The number of carbonyl (C=O) groups excluding carboxylic acids is 1. The maximum atomic E-state index is 12.8. The first kappa shape index (κ1) is 23.4. The molecule has 3 rings (SSSR count). The van der Waals surface area contributed by atoms with Crippen molar-refractivity contribution in [2.24, 2.45) is 0 Å². The summed E-state index contributed by atoms with van der Waals surface area (Å²) < 4.78 is 25.5. The van der Waals surface area contributed by atoms with Crippen molar-refractivity contribution < 1.29 is 13.2 Å². The molecule has 0 aliphatic carbocycles. The van der Waals surface area contributed by atoms with E-state index >= 15 is 0 Å². The minimum absolute atomic E-state index is 0.00784. The van der Waals surface area contributed by atoms with Crippen LogP contribution in [0.1, 0.15) is 5.56 Å². The predicted molar refractivity (Wildman–Crippen MR) is 124 cm³/mol. The third-order valence-corrected chi connectivity index (χ3v) is 7.94. The number of aromatic amines is 1. The van der Waals surface area contributed by atoms with Gasteiger partial charge >= 0.3 is 0 Å². The van der Waals surface area contributed by atoms with Gasteiger partial charge in [-0.1, -0.05) is 35.5 Å². The maximum Gasteiger partial charge on any atom is 0.270 e. The van der Waals surface area contributed by atoms with E-state index in [1.54, 1.807) is 30.8 Å². The summed E-state index contributed by atoms with van der Waals surface area (Å²) in [7, 11) is -4.09. The number of hydrogen-bond donors (Lipinski definition) is 2. The molecule has 1 heterocycles. The van der Waals surface area contributed by atoms with Crippen LogP contribution in [0.15, 0.2) is 73.3 Å². The second-order valence-corrected chi connectivity index (χ2v) is 10.5. The molecular formula is C20H18ClN3O4S3.